The fourth-order valence-corrected chi connectivity index (χ4v) is 5.33. The van der Waals surface area contributed by atoms with E-state index >= 15 is 0 Å². The van der Waals surface area contributed by atoms with E-state index in [1.807, 2.05) is 62.4 Å². The van der Waals surface area contributed by atoms with Crippen LogP contribution >= 0.6 is 0 Å². The number of rotatable bonds is 9. The first-order valence-electron chi connectivity index (χ1n) is 14.5. The lowest BCUT2D eigenvalue weighted by Gasteiger charge is -2.29. The number of hydrazone groups is 1. The minimum absolute atomic E-state index is 0.0197. The Hall–Kier alpha value is -6.05. The van der Waals surface area contributed by atoms with Crippen LogP contribution in [0.2, 0.25) is 0 Å². The molecule has 0 saturated heterocycles. The van der Waals surface area contributed by atoms with Crippen LogP contribution in [0.1, 0.15) is 45.8 Å². The molecule has 46 heavy (non-hydrogen) atoms. The molecule has 2 N–H and O–H groups in total. The zero-order valence-electron chi connectivity index (χ0n) is 25.1. The third-order valence-corrected chi connectivity index (χ3v) is 7.62. The second kappa shape index (κ2) is 12.9. The molecule has 0 bridgehead atoms. The van der Waals surface area contributed by atoms with Gasteiger partial charge in [0, 0.05) is 23.2 Å². The van der Waals surface area contributed by atoms with Crippen LogP contribution in [0.5, 0.6) is 0 Å². The van der Waals surface area contributed by atoms with Gasteiger partial charge in [-0.15, -0.1) is 20.3 Å². The number of nitrogens with one attached hydrogen (secondary N) is 2. The largest absolute Gasteiger partial charge is 0.450 e. The van der Waals surface area contributed by atoms with E-state index in [-0.39, 0.29) is 19.1 Å². The molecular weight excluding hydrogens is 592 g/mol. The fraction of sp³-hybridized carbons (Fsp3) is 0.219. The van der Waals surface area contributed by atoms with Crippen LogP contribution < -0.4 is 15.9 Å². The molecule has 0 radical (unpaired) electrons. The molecule has 3 aromatic carbocycles. The standard InChI is InChI=1S/C32H30N8O6/c1-20-26-15-16-29(41)38(31(26)34-21(2)33-20)17-22-11-13-25(14-12-22)27-5-3-4-6-28(27)30-35-37-39(36-30)32(42)45-18-23-7-9-24(10-8-23)19-46-40(43)44/h3-14,37H,15-19H2,1-2H3,(H,35,36). The Morgan fingerprint density at radius 3 is 2.30 bits per heavy atom. The minimum atomic E-state index is -0.853. The molecular formula is C32H30N8O6. The molecule has 4 aromatic rings. The molecule has 0 saturated carbocycles. The number of fused-ring (bicyclic) bond motifs is 1. The van der Waals surface area contributed by atoms with E-state index in [9.17, 15) is 19.7 Å². The van der Waals surface area contributed by atoms with Gasteiger partial charge >= 0.3 is 6.09 Å². The number of hydrogen-bond donors (Lipinski definition) is 2. The third kappa shape index (κ3) is 6.55. The molecule has 1 aromatic heterocycles. The number of amidine groups is 1. The zero-order chi connectivity index (χ0) is 32.2. The number of aryl methyl sites for hydroxylation is 2. The second-order valence-corrected chi connectivity index (χ2v) is 10.8. The lowest BCUT2D eigenvalue weighted by atomic mass is 9.97. The van der Waals surface area contributed by atoms with Gasteiger partial charge in [-0.3, -0.25) is 15.1 Å². The summed E-state index contributed by atoms with van der Waals surface area (Å²) < 4.78 is 5.38. The van der Waals surface area contributed by atoms with Crippen molar-refractivity contribution >= 4 is 23.7 Å². The summed E-state index contributed by atoms with van der Waals surface area (Å²) in [6.45, 7) is 4.01. The normalized spacial score (nSPS) is 13.8. The molecule has 0 atom stereocenters. The number of ether oxygens (including phenoxy) is 1. The number of hydrogen-bond acceptors (Lipinski definition) is 11. The lowest BCUT2D eigenvalue weighted by Crippen LogP contribution is -2.46. The van der Waals surface area contributed by atoms with Gasteiger partial charge in [-0.2, -0.15) is 5.53 Å². The molecule has 2 aliphatic heterocycles. The van der Waals surface area contributed by atoms with E-state index in [1.54, 1.807) is 29.2 Å². The third-order valence-electron chi connectivity index (χ3n) is 7.62. The summed E-state index contributed by atoms with van der Waals surface area (Å²) in [5.41, 5.74) is 12.3. The maximum atomic E-state index is 12.9. The van der Waals surface area contributed by atoms with Crippen molar-refractivity contribution in [2.75, 3.05) is 4.90 Å². The Morgan fingerprint density at radius 1 is 0.913 bits per heavy atom. The Balaban J connectivity index is 1.09. The van der Waals surface area contributed by atoms with Crippen molar-refractivity contribution in [2.45, 2.75) is 46.4 Å². The van der Waals surface area contributed by atoms with Gasteiger partial charge in [0.05, 0.1) is 6.54 Å². The first kappa shape index (κ1) is 30.0. The van der Waals surface area contributed by atoms with Gasteiger partial charge < -0.3 is 9.57 Å². The smallest absolute Gasteiger partial charge is 0.442 e. The second-order valence-electron chi connectivity index (χ2n) is 10.8. The Bertz CT molecular complexity index is 1830. The highest BCUT2D eigenvalue weighted by molar-refractivity contribution is 6.05. The number of nitrogens with zero attached hydrogens (tertiary/aromatic N) is 6. The van der Waals surface area contributed by atoms with Crippen molar-refractivity contribution in [3.63, 3.8) is 0 Å². The van der Waals surface area contributed by atoms with Gasteiger partial charge in [0.2, 0.25) is 5.91 Å². The summed E-state index contributed by atoms with van der Waals surface area (Å²) in [5.74, 6) is 1.79. The van der Waals surface area contributed by atoms with Crippen molar-refractivity contribution in [2.24, 2.45) is 5.10 Å². The van der Waals surface area contributed by atoms with Crippen molar-refractivity contribution < 1.29 is 24.3 Å². The number of hydrazine groups is 2. The molecule has 0 aliphatic carbocycles. The van der Waals surface area contributed by atoms with Gasteiger partial charge in [0.15, 0.2) is 5.84 Å². The van der Waals surface area contributed by atoms with Crippen LogP contribution in [-0.4, -0.2) is 38.0 Å². The molecule has 0 unspecified atom stereocenters. The highest BCUT2D eigenvalue weighted by Crippen LogP contribution is 2.30. The fourth-order valence-electron chi connectivity index (χ4n) is 5.33. The van der Waals surface area contributed by atoms with Crippen molar-refractivity contribution in [3.8, 4) is 11.1 Å². The molecule has 2 amide bonds. The number of amides is 2. The minimum Gasteiger partial charge on any atom is -0.442 e. The molecule has 14 nitrogen and oxygen atoms in total. The molecule has 0 spiro atoms. The number of carbonyl (C=O) groups is 2. The average molecular weight is 623 g/mol. The Labute approximate surface area is 263 Å². The molecule has 14 heteroatoms. The van der Waals surface area contributed by atoms with Crippen molar-refractivity contribution in [3.05, 3.63) is 122 Å². The molecule has 0 fully saturated rings. The van der Waals surface area contributed by atoms with E-state index < -0.39 is 11.2 Å². The quantitative estimate of drug-likeness (QED) is 0.203. The average Bonchev–Trinajstić information content (AvgIpc) is 3.55. The van der Waals surface area contributed by atoms with E-state index in [0.29, 0.717) is 48.0 Å². The first-order chi connectivity index (χ1) is 22.2. The molecule has 2 aliphatic rings. The number of anilines is 1. The van der Waals surface area contributed by atoms with Crippen LogP contribution in [0.25, 0.3) is 11.1 Å². The summed E-state index contributed by atoms with van der Waals surface area (Å²) >= 11 is 0. The molecule has 234 valence electrons. The SMILES string of the molecule is Cc1nc(C)c2c(n1)N(Cc1ccc(-c3ccccc3C3=NNN(C(=O)OCc4ccc(CO[N+](=O)[O-])cc4)N3)cc1)C(=O)CC2. The maximum Gasteiger partial charge on any atom is 0.450 e. The predicted molar refractivity (Wildman–Crippen MR) is 166 cm³/mol. The van der Waals surface area contributed by atoms with Gasteiger partial charge in [-0.1, -0.05) is 72.8 Å². The summed E-state index contributed by atoms with van der Waals surface area (Å²) in [4.78, 5) is 51.1. The monoisotopic (exact) mass is 622 g/mol. The van der Waals surface area contributed by atoms with E-state index in [0.717, 1.165) is 38.6 Å². The number of benzene rings is 3. The van der Waals surface area contributed by atoms with Gasteiger partial charge in [-0.25, -0.2) is 14.8 Å². The van der Waals surface area contributed by atoms with Crippen molar-refractivity contribution in [1.29, 1.82) is 0 Å². The molecule has 3 heterocycles. The number of carbonyl (C=O) groups excluding carboxylic acids is 2. The predicted octanol–water partition coefficient (Wildman–Crippen LogP) is 4.27. The molecule has 6 rings (SSSR count). The highest BCUT2D eigenvalue weighted by Gasteiger charge is 2.28. The summed E-state index contributed by atoms with van der Waals surface area (Å²) in [6.07, 6.45) is 0.370. The van der Waals surface area contributed by atoms with E-state index in [4.69, 9.17) is 4.74 Å². The highest BCUT2D eigenvalue weighted by atomic mass is 16.9. The topological polar surface area (TPSA) is 164 Å². The van der Waals surface area contributed by atoms with Gasteiger partial charge in [0.25, 0.3) is 5.09 Å². The van der Waals surface area contributed by atoms with Crippen LogP contribution in [0, 0.1) is 24.0 Å². The van der Waals surface area contributed by atoms with Crippen LogP contribution in [-0.2, 0) is 40.5 Å². The first-order valence-corrected chi connectivity index (χ1v) is 14.5. The number of aromatic nitrogens is 2. The summed E-state index contributed by atoms with van der Waals surface area (Å²) in [5, 5.41) is 14.8. The van der Waals surface area contributed by atoms with Crippen LogP contribution in [0.15, 0.2) is 77.9 Å². The van der Waals surface area contributed by atoms with Crippen LogP contribution in [0.3, 0.4) is 0 Å². The summed E-state index contributed by atoms with van der Waals surface area (Å²) in [7, 11) is 0. The summed E-state index contributed by atoms with van der Waals surface area (Å²) in [6, 6.07) is 22.3. The maximum absolute atomic E-state index is 12.9. The zero-order valence-corrected chi connectivity index (χ0v) is 25.1. The van der Waals surface area contributed by atoms with E-state index in [2.05, 4.69) is 30.9 Å². The lowest BCUT2D eigenvalue weighted by molar-refractivity contribution is -0.763. The van der Waals surface area contributed by atoms with Gasteiger partial charge in [-0.05, 0) is 48.1 Å². The van der Waals surface area contributed by atoms with Crippen LogP contribution in [0.4, 0.5) is 10.6 Å². The van der Waals surface area contributed by atoms with Crippen molar-refractivity contribution in [1.82, 2.24) is 26.0 Å². The van der Waals surface area contributed by atoms with E-state index in [1.165, 1.54) is 0 Å². The Morgan fingerprint density at radius 2 is 1.59 bits per heavy atom. The van der Waals surface area contributed by atoms with Gasteiger partial charge in [0.1, 0.15) is 24.9 Å². The Kier molecular flexibility index (Phi) is 8.41.